The molecule has 0 fully saturated rings. The first-order chi connectivity index (χ1) is 19.4. The van der Waals surface area contributed by atoms with Crippen LogP contribution in [0.4, 0.5) is 0 Å². The highest BCUT2D eigenvalue weighted by atomic mass is 32.2. The lowest BCUT2D eigenvalue weighted by Gasteiger charge is -2.22. The van der Waals surface area contributed by atoms with E-state index in [1.54, 1.807) is 80.1 Å². The largest absolute Gasteiger partial charge is 0.394 e. The van der Waals surface area contributed by atoms with Crippen molar-refractivity contribution in [1.82, 2.24) is 14.6 Å². The smallest absolute Gasteiger partial charge is 0.251 e. The number of rotatable bonds is 12. The van der Waals surface area contributed by atoms with Crippen LogP contribution in [-0.2, 0) is 29.5 Å². The van der Waals surface area contributed by atoms with Crippen LogP contribution in [0.25, 0.3) is 0 Å². The molecule has 3 aromatic carbocycles. The first-order valence-corrected chi connectivity index (χ1v) is 14.3. The molecule has 0 bridgehead atoms. The third-order valence-corrected chi connectivity index (χ3v) is 8.12. The van der Waals surface area contributed by atoms with E-state index in [2.05, 4.69) is 15.3 Å². The first-order valence-electron chi connectivity index (χ1n) is 12.9. The monoisotopic (exact) mass is 556 g/mol. The molecule has 4 rings (SSSR count). The second-order valence-corrected chi connectivity index (χ2v) is 11.2. The molecule has 2 N–H and O–H groups in total. The van der Waals surface area contributed by atoms with Gasteiger partial charge in [-0.1, -0.05) is 60.7 Å². The van der Waals surface area contributed by atoms with Crippen LogP contribution in [0, 0.1) is 0 Å². The molecule has 9 heteroatoms. The van der Waals surface area contributed by atoms with Crippen LogP contribution >= 0.6 is 0 Å². The van der Waals surface area contributed by atoms with E-state index in [-0.39, 0.29) is 30.5 Å². The molecule has 40 heavy (non-hydrogen) atoms. The molecule has 1 heterocycles. The van der Waals surface area contributed by atoms with Crippen LogP contribution < -0.4 is 5.32 Å². The fourth-order valence-electron chi connectivity index (χ4n) is 4.22. The van der Waals surface area contributed by atoms with Gasteiger partial charge < -0.3 is 10.4 Å². The normalized spacial score (nSPS) is 12.5. The molecule has 0 saturated heterocycles. The van der Waals surface area contributed by atoms with Crippen LogP contribution in [-0.4, -0.2) is 54.6 Å². The van der Waals surface area contributed by atoms with E-state index in [1.165, 1.54) is 4.31 Å². The molecule has 1 atom stereocenters. The number of aliphatic hydroxyl groups excluding tert-OH is 1. The van der Waals surface area contributed by atoms with Gasteiger partial charge in [-0.2, -0.15) is 4.31 Å². The third kappa shape index (κ3) is 7.69. The summed E-state index contributed by atoms with van der Waals surface area (Å²) >= 11 is 0. The van der Waals surface area contributed by atoms with Gasteiger partial charge in [-0.15, -0.1) is 0 Å². The van der Waals surface area contributed by atoms with Crippen molar-refractivity contribution in [2.45, 2.75) is 30.4 Å². The Labute approximate surface area is 235 Å². The molecule has 0 aliphatic rings. The van der Waals surface area contributed by atoms with E-state index in [0.717, 1.165) is 11.1 Å². The van der Waals surface area contributed by atoms with Crippen molar-refractivity contribution in [3.8, 4) is 0 Å². The maximum Gasteiger partial charge on any atom is 0.251 e. The van der Waals surface area contributed by atoms with Gasteiger partial charge in [-0.25, -0.2) is 8.42 Å². The quantitative estimate of drug-likeness (QED) is 0.258. The van der Waals surface area contributed by atoms with Crippen molar-refractivity contribution in [1.29, 1.82) is 0 Å². The van der Waals surface area contributed by atoms with Gasteiger partial charge in [0.1, 0.15) is 0 Å². The maximum atomic E-state index is 13.7. The summed E-state index contributed by atoms with van der Waals surface area (Å²) in [7, 11) is -2.21. The van der Waals surface area contributed by atoms with Crippen LogP contribution in [0.3, 0.4) is 0 Å². The second-order valence-electron chi connectivity index (χ2n) is 9.29. The van der Waals surface area contributed by atoms with E-state index in [9.17, 15) is 18.3 Å². The van der Waals surface area contributed by atoms with Gasteiger partial charge in [-0.05, 0) is 59.5 Å². The summed E-state index contributed by atoms with van der Waals surface area (Å²) < 4.78 is 28.7. The number of sulfonamides is 1. The topological polar surface area (TPSA) is 112 Å². The zero-order valence-electron chi connectivity index (χ0n) is 22.2. The molecular weight excluding hydrogens is 524 g/mol. The Morgan fingerprint density at radius 2 is 1.62 bits per heavy atom. The van der Waals surface area contributed by atoms with Gasteiger partial charge >= 0.3 is 0 Å². The highest BCUT2D eigenvalue weighted by Gasteiger charge is 2.25. The SMILES string of the molecule is CN=Cc1ccc(S(=O)(=O)N(Cc2ccc(C(=O)N[C@H](CO)Cc3ccccc3)cc2)Cc2ccccn2)cc1. The van der Waals surface area contributed by atoms with Crippen molar-refractivity contribution in [2.75, 3.05) is 13.7 Å². The number of carbonyl (C=O) groups is 1. The Morgan fingerprint density at radius 1 is 0.925 bits per heavy atom. The lowest BCUT2D eigenvalue weighted by atomic mass is 10.1. The number of aromatic nitrogens is 1. The molecule has 0 aliphatic heterocycles. The van der Waals surface area contributed by atoms with Gasteiger partial charge in [0.15, 0.2) is 0 Å². The Kier molecular flexibility index (Phi) is 9.91. The minimum absolute atomic E-state index is 0.0846. The molecule has 1 aromatic heterocycles. The summed E-state index contributed by atoms with van der Waals surface area (Å²) in [6, 6.07) is 27.9. The van der Waals surface area contributed by atoms with Gasteiger partial charge in [0.05, 0.1) is 29.8 Å². The molecule has 0 unspecified atom stereocenters. The highest BCUT2D eigenvalue weighted by Crippen LogP contribution is 2.21. The van der Waals surface area contributed by atoms with Crippen molar-refractivity contribution >= 4 is 22.1 Å². The number of nitrogens with zero attached hydrogens (tertiary/aromatic N) is 3. The Hall–Kier alpha value is -4.18. The van der Waals surface area contributed by atoms with Crippen molar-refractivity contribution in [3.05, 3.63) is 131 Å². The second kappa shape index (κ2) is 13.7. The summed E-state index contributed by atoms with van der Waals surface area (Å²) in [5, 5.41) is 12.6. The Balaban J connectivity index is 1.50. The average Bonchev–Trinajstić information content (AvgIpc) is 2.98. The molecule has 0 radical (unpaired) electrons. The van der Waals surface area contributed by atoms with Gasteiger partial charge in [0.2, 0.25) is 10.0 Å². The Morgan fingerprint density at radius 3 is 2.25 bits per heavy atom. The number of benzene rings is 3. The molecule has 4 aromatic rings. The minimum Gasteiger partial charge on any atom is -0.394 e. The average molecular weight is 557 g/mol. The molecular formula is C31H32N4O4S. The number of aliphatic hydroxyl groups is 1. The molecule has 8 nitrogen and oxygen atoms in total. The summed E-state index contributed by atoms with van der Waals surface area (Å²) in [5.74, 6) is -0.310. The predicted molar refractivity (Wildman–Crippen MR) is 156 cm³/mol. The molecule has 0 saturated carbocycles. The van der Waals surface area contributed by atoms with Crippen molar-refractivity contribution in [3.63, 3.8) is 0 Å². The molecule has 0 aliphatic carbocycles. The maximum absolute atomic E-state index is 13.7. The van der Waals surface area contributed by atoms with Crippen LogP contribution in [0.15, 0.2) is 113 Å². The zero-order valence-corrected chi connectivity index (χ0v) is 23.0. The van der Waals surface area contributed by atoms with Crippen LogP contribution in [0.1, 0.15) is 32.7 Å². The zero-order chi connectivity index (χ0) is 28.4. The number of aliphatic imine (C=N–C) groups is 1. The number of hydrogen-bond acceptors (Lipinski definition) is 6. The van der Waals surface area contributed by atoms with Crippen LogP contribution in [0.2, 0.25) is 0 Å². The van der Waals surface area contributed by atoms with Gasteiger partial charge in [-0.3, -0.25) is 14.8 Å². The van der Waals surface area contributed by atoms with E-state index < -0.39 is 16.1 Å². The van der Waals surface area contributed by atoms with E-state index >= 15 is 0 Å². The van der Waals surface area contributed by atoms with E-state index in [1.807, 2.05) is 36.4 Å². The first kappa shape index (κ1) is 28.8. The Bertz CT molecular complexity index is 1510. The summed E-state index contributed by atoms with van der Waals surface area (Å²) in [6.45, 7) is -0.0151. The van der Waals surface area contributed by atoms with Gasteiger partial charge in [0.25, 0.3) is 5.91 Å². The van der Waals surface area contributed by atoms with E-state index in [4.69, 9.17) is 0 Å². The van der Waals surface area contributed by atoms with Crippen LogP contribution in [0.5, 0.6) is 0 Å². The number of amides is 1. The lowest BCUT2D eigenvalue weighted by Crippen LogP contribution is -2.39. The fraction of sp³-hybridized carbons (Fsp3) is 0.194. The molecule has 0 spiro atoms. The van der Waals surface area contributed by atoms with Crippen molar-refractivity contribution in [2.24, 2.45) is 4.99 Å². The number of nitrogens with one attached hydrogen (secondary N) is 1. The number of pyridine rings is 1. The standard InChI is InChI=1S/C31H32N4O4S/c1-32-20-25-12-16-30(17-13-25)40(38,39)35(22-28-9-5-6-18-33-28)21-26-10-14-27(15-11-26)31(37)34-29(23-36)19-24-7-3-2-4-8-24/h2-18,20,29,36H,19,21-23H2,1H3,(H,34,37)/t29-/m0/s1. The van der Waals surface area contributed by atoms with Gasteiger partial charge in [0, 0.05) is 31.6 Å². The van der Waals surface area contributed by atoms with E-state index in [0.29, 0.717) is 23.2 Å². The summed E-state index contributed by atoms with van der Waals surface area (Å²) in [5.41, 5.74) is 3.57. The minimum atomic E-state index is -3.86. The lowest BCUT2D eigenvalue weighted by molar-refractivity contribution is 0.0916. The highest BCUT2D eigenvalue weighted by molar-refractivity contribution is 7.89. The fourth-order valence-corrected chi connectivity index (χ4v) is 5.62. The van der Waals surface area contributed by atoms with Crippen molar-refractivity contribution < 1.29 is 18.3 Å². The summed E-state index contributed by atoms with van der Waals surface area (Å²) in [4.78, 5) is 21.3. The summed E-state index contributed by atoms with van der Waals surface area (Å²) in [6.07, 6.45) is 3.79. The molecule has 1 amide bonds. The number of carbonyl (C=O) groups excluding carboxylic acids is 1. The molecule has 206 valence electrons. The number of hydrogen-bond donors (Lipinski definition) is 2. The predicted octanol–water partition coefficient (Wildman–Crippen LogP) is 3.85. The third-order valence-electron chi connectivity index (χ3n) is 6.32.